The molecule has 0 bridgehead atoms. The van der Waals surface area contributed by atoms with Crippen LogP contribution in [-0.2, 0) is 4.74 Å². The summed E-state index contributed by atoms with van der Waals surface area (Å²) in [7, 11) is 2.11. The number of fused-ring (bicyclic) bond motifs is 1. The molecule has 1 aliphatic rings. The molecule has 1 saturated heterocycles. The molecule has 4 heteroatoms. The van der Waals surface area contributed by atoms with Crippen molar-refractivity contribution in [1.29, 1.82) is 0 Å². The van der Waals surface area contributed by atoms with Crippen LogP contribution in [0.4, 0.5) is 11.4 Å². The Morgan fingerprint density at radius 2 is 2.25 bits per heavy atom. The Kier molecular flexibility index (Phi) is 3.74. The van der Waals surface area contributed by atoms with Gasteiger partial charge in [-0.1, -0.05) is 0 Å². The fourth-order valence-corrected chi connectivity index (χ4v) is 2.84. The summed E-state index contributed by atoms with van der Waals surface area (Å²) in [5.74, 6) is 0. The van der Waals surface area contributed by atoms with Gasteiger partial charge in [0.25, 0.3) is 0 Å². The van der Waals surface area contributed by atoms with E-state index in [9.17, 15) is 0 Å². The first-order valence-electron chi connectivity index (χ1n) is 7.21. The lowest BCUT2D eigenvalue weighted by atomic mass is 10.1. The SMILES string of the molecule is CN(CC1CCCCO1)c1ccnc2cc(N)ccc12. The summed E-state index contributed by atoms with van der Waals surface area (Å²) >= 11 is 0. The van der Waals surface area contributed by atoms with Crippen molar-refractivity contribution in [1.82, 2.24) is 4.98 Å². The van der Waals surface area contributed by atoms with Gasteiger partial charge in [-0.2, -0.15) is 0 Å². The minimum atomic E-state index is 0.339. The number of anilines is 2. The van der Waals surface area contributed by atoms with Gasteiger partial charge in [-0.15, -0.1) is 0 Å². The summed E-state index contributed by atoms with van der Waals surface area (Å²) in [6.07, 6.45) is 5.80. The Bertz CT molecular complexity index is 593. The predicted octanol–water partition coefficient (Wildman–Crippen LogP) is 2.82. The second-order valence-electron chi connectivity index (χ2n) is 5.48. The molecule has 2 heterocycles. The molecule has 1 aromatic heterocycles. The van der Waals surface area contributed by atoms with E-state index in [-0.39, 0.29) is 0 Å². The average Bonchev–Trinajstić information content (AvgIpc) is 2.47. The van der Waals surface area contributed by atoms with Gasteiger partial charge in [0, 0.05) is 43.2 Å². The third-order valence-electron chi connectivity index (χ3n) is 3.91. The molecule has 0 amide bonds. The van der Waals surface area contributed by atoms with Gasteiger partial charge in [0.15, 0.2) is 0 Å². The van der Waals surface area contributed by atoms with Crippen molar-refractivity contribution in [3.8, 4) is 0 Å². The maximum Gasteiger partial charge on any atom is 0.0749 e. The quantitative estimate of drug-likeness (QED) is 0.872. The van der Waals surface area contributed by atoms with Crippen LogP contribution < -0.4 is 10.6 Å². The first kappa shape index (κ1) is 13.2. The van der Waals surface area contributed by atoms with Crippen molar-refractivity contribution in [3.63, 3.8) is 0 Å². The molecule has 3 rings (SSSR count). The van der Waals surface area contributed by atoms with Crippen LogP contribution in [0.3, 0.4) is 0 Å². The van der Waals surface area contributed by atoms with Crippen LogP contribution >= 0.6 is 0 Å². The van der Waals surface area contributed by atoms with Gasteiger partial charge in [-0.05, 0) is 43.5 Å². The lowest BCUT2D eigenvalue weighted by Crippen LogP contribution is -2.33. The molecule has 1 unspecified atom stereocenters. The fraction of sp³-hybridized carbons (Fsp3) is 0.438. The van der Waals surface area contributed by atoms with Crippen molar-refractivity contribution in [2.24, 2.45) is 0 Å². The standard InChI is InChI=1S/C16H21N3O/c1-19(11-13-4-2-3-9-20-13)16-7-8-18-15-10-12(17)5-6-14(15)16/h5-8,10,13H,2-4,9,11,17H2,1H3. The second-order valence-corrected chi connectivity index (χ2v) is 5.48. The maximum absolute atomic E-state index is 5.83. The third-order valence-corrected chi connectivity index (χ3v) is 3.91. The minimum absolute atomic E-state index is 0.339. The largest absolute Gasteiger partial charge is 0.399 e. The molecule has 0 radical (unpaired) electrons. The molecule has 4 nitrogen and oxygen atoms in total. The van der Waals surface area contributed by atoms with Crippen LogP contribution in [0, 0.1) is 0 Å². The number of benzene rings is 1. The highest BCUT2D eigenvalue weighted by Crippen LogP contribution is 2.27. The molecule has 0 saturated carbocycles. The summed E-state index contributed by atoms with van der Waals surface area (Å²) in [6.45, 7) is 1.82. The number of rotatable bonds is 3. The zero-order valence-electron chi connectivity index (χ0n) is 11.9. The Morgan fingerprint density at radius 3 is 3.05 bits per heavy atom. The van der Waals surface area contributed by atoms with Crippen LogP contribution in [0.2, 0.25) is 0 Å². The fourth-order valence-electron chi connectivity index (χ4n) is 2.84. The first-order valence-corrected chi connectivity index (χ1v) is 7.21. The van der Waals surface area contributed by atoms with Gasteiger partial charge in [0.2, 0.25) is 0 Å². The topological polar surface area (TPSA) is 51.4 Å². The van der Waals surface area contributed by atoms with Crippen LogP contribution in [-0.4, -0.2) is 31.3 Å². The molecule has 1 atom stereocenters. The number of ether oxygens (including phenoxy) is 1. The number of nitrogens with two attached hydrogens (primary N) is 1. The van der Waals surface area contributed by atoms with Gasteiger partial charge in [0.05, 0.1) is 11.6 Å². The zero-order chi connectivity index (χ0) is 13.9. The van der Waals surface area contributed by atoms with Gasteiger partial charge < -0.3 is 15.4 Å². The highest BCUT2D eigenvalue weighted by atomic mass is 16.5. The number of nitrogen functional groups attached to an aromatic ring is 1. The van der Waals surface area contributed by atoms with Crippen molar-refractivity contribution in [3.05, 3.63) is 30.5 Å². The number of hydrogen-bond donors (Lipinski definition) is 1. The molecule has 1 aliphatic heterocycles. The summed E-state index contributed by atoms with van der Waals surface area (Å²) in [6, 6.07) is 7.95. The van der Waals surface area contributed by atoms with E-state index in [4.69, 9.17) is 10.5 Å². The molecule has 1 fully saturated rings. The van der Waals surface area contributed by atoms with Gasteiger partial charge in [-0.25, -0.2) is 0 Å². The molecular weight excluding hydrogens is 250 g/mol. The summed E-state index contributed by atoms with van der Waals surface area (Å²) < 4.78 is 5.82. The highest BCUT2D eigenvalue weighted by Gasteiger charge is 2.17. The van der Waals surface area contributed by atoms with E-state index >= 15 is 0 Å². The molecule has 2 aromatic rings. The van der Waals surface area contributed by atoms with E-state index in [1.54, 1.807) is 0 Å². The molecular formula is C16H21N3O. The summed E-state index contributed by atoms with van der Waals surface area (Å²) in [5.41, 5.74) is 8.70. The maximum atomic E-state index is 5.83. The normalized spacial score (nSPS) is 19.1. The van der Waals surface area contributed by atoms with Crippen molar-refractivity contribution >= 4 is 22.3 Å². The molecule has 0 spiro atoms. The van der Waals surface area contributed by atoms with E-state index in [1.807, 2.05) is 24.4 Å². The van der Waals surface area contributed by atoms with Gasteiger partial charge in [0.1, 0.15) is 0 Å². The number of pyridine rings is 1. The monoisotopic (exact) mass is 271 g/mol. The first-order chi connectivity index (χ1) is 9.74. The van der Waals surface area contributed by atoms with Crippen molar-refractivity contribution < 1.29 is 4.74 Å². The molecule has 0 aliphatic carbocycles. The number of hydrogen-bond acceptors (Lipinski definition) is 4. The highest BCUT2D eigenvalue weighted by molar-refractivity contribution is 5.93. The lowest BCUT2D eigenvalue weighted by molar-refractivity contribution is 0.0216. The van der Waals surface area contributed by atoms with E-state index in [0.717, 1.165) is 36.2 Å². The lowest BCUT2D eigenvalue weighted by Gasteiger charge is -2.29. The van der Waals surface area contributed by atoms with Crippen LogP contribution in [0.5, 0.6) is 0 Å². The Balaban J connectivity index is 1.85. The van der Waals surface area contributed by atoms with Crippen LogP contribution in [0.25, 0.3) is 10.9 Å². The number of nitrogens with zero attached hydrogens (tertiary/aromatic N) is 2. The smallest absolute Gasteiger partial charge is 0.0749 e. The Hall–Kier alpha value is -1.81. The van der Waals surface area contributed by atoms with E-state index in [2.05, 4.69) is 23.0 Å². The van der Waals surface area contributed by atoms with Gasteiger partial charge >= 0.3 is 0 Å². The average molecular weight is 271 g/mol. The molecule has 2 N–H and O–H groups in total. The minimum Gasteiger partial charge on any atom is -0.399 e. The van der Waals surface area contributed by atoms with Crippen LogP contribution in [0.1, 0.15) is 19.3 Å². The predicted molar refractivity (Wildman–Crippen MR) is 83.0 cm³/mol. The zero-order valence-corrected chi connectivity index (χ0v) is 11.9. The second kappa shape index (κ2) is 5.67. The number of likely N-dealkylation sites (N-methyl/N-ethyl adjacent to an activating group) is 1. The van der Waals surface area contributed by atoms with E-state index < -0.39 is 0 Å². The van der Waals surface area contributed by atoms with Crippen molar-refractivity contribution in [2.45, 2.75) is 25.4 Å². The third kappa shape index (κ3) is 2.70. The molecule has 106 valence electrons. The van der Waals surface area contributed by atoms with Crippen molar-refractivity contribution in [2.75, 3.05) is 30.8 Å². The molecule has 20 heavy (non-hydrogen) atoms. The van der Waals surface area contributed by atoms with Gasteiger partial charge in [-0.3, -0.25) is 4.98 Å². The Labute approximate surface area is 119 Å². The Morgan fingerprint density at radius 1 is 1.35 bits per heavy atom. The van der Waals surface area contributed by atoms with E-state index in [0.29, 0.717) is 6.10 Å². The van der Waals surface area contributed by atoms with Crippen LogP contribution in [0.15, 0.2) is 30.5 Å². The van der Waals surface area contributed by atoms with E-state index in [1.165, 1.54) is 18.5 Å². The number of aromatic nitrogens is 1. The molecule has 1 aromatic carbocycles. The summed E-state index contributed by atoms with van der Waals surface area (Å²) in [5, 5.41) is 1.14. The summed E-state index contributed by atoms with van der Waals surface area (Å²) in [4.78, 5) is 6.65.